The molecule has 2 atom stereocenters. The quantitative estimate of drug-likeness (QED) is 0.716. The third kappa shape index (κ3) is 2.96. The van der Waals surface area contributed by atoms with Crippen LogP contribution < -0.4 is 0 Å². The first-order chi connectivity index (χ1) is 6.13. The van der Waals surface area contributed by atoms with Crippen molar-refractivity contribution >= 4 is 17.4 Å². The summed E-state index contributed by atoms with van der Waals surface area (Å²) in [6.07, 6.45) is 4.94. The Bertz CT molecular complexity index is 176. The summed E-state index contributed by atoms with van der Waals surface area (Å²) in [5.74, 6) is 0.111. The summed E-state index contributed by atoms with van der Waals surface area (Å²) < 4.78 is 0. The molecule has 1 rings (SSSR count). The van der Waals surface area contributed by atoms with E-state index in [1.54, 1.807) is 0 Å². The molecule has 0 amide bonds. The molecule has 0 saturated heterocycles. The monoisotopic (exact) mass is 204 g/mol. The molecule has 2 nitrogen and oxygen atoms in total. The Hall–Kier alpha value is -0.0800. The van der Waals surface area contributed by atoms with Gasteiger partial charge in [0.2, 0.25) is 0 Å². The Morgan fingerprint density at radius 1 is 1.38 bits per heavy atom. The average molecular weight is 205 g/mol. The van der Waals surface area contributed by atoms with Gasteiger partial charge in [-0.2, -0.15) is 0 Å². The predicted octanol–water partition coefficient (Wildman–Crippen LogP) is 2.12. The van der Waals surface area contributed by atoms with Gasteiger partial charge in [-0.25, -0.2) is 0 Å². The van der Waals surface area contributed by atoms with E-state index in [2.05, 4.69) is 0 Å². The molecule has 0 aromatic carbocycles. The van der Waals surface area contributed by atoms with Crippen LogP contribution in [0.25, 0.3) is 0 Å². The summed E-state index contributed by atoms with van der Waals surface area (Å²) >= 11 is 5.80. The van der Waals surface area contributed by atoms with Gasteiger partial charge in [0, 0.05) is 0 Å². The molecule has 76 valence electrons. The number of aliphatic hydroxyl groups is 1. The topological polar surface area (TPSA) is 37.3 Å². The highest BCUT2D eigenvalue weighted by molar-refractivity contribution is 6.31. The number of halogens is 1. The molecular weight excluding hydrogens is 188 g/mol. The lowest BCUT2D eigenvalue weighted by Crippen LogP contribution is -2.35. The zero-order valence-electron chi connectivity index (χ0n) is 8.00. The number of rotatable bonds is 3. The zero-order chi connectivity index (χ0) is 9.84. The van der Waals surface area contributed by atoms with Crippen molar-refractivity contribution < 1.29 is 9.90 Å². The normalized spacial score (nSPS) is 23.9. The van der Waals surface area contributed by atoms with Crippen LogP contribution in [0.1, 0.15) is 39.0 Å². The fourth-order valence-corrected chi connectivity index (χ4v) is 2.16. The van der Waals surface area contributed by atoms with Crippen LogP contribution in [0.2, 0.25) is 0 Å². The molecule has 0 bridgehead atoms. The molecular formula is C10H17ClO2. The summed E-state index contributed by atoms with van der Waals surface area (Å²) in [6, 6.07) is 0. The molecule has 3 heteroatoms. The predicted molar refractivity (Wildman–Crippen MR) is 52.9 cm³/mol. The van der Waals surface area contributed by atoms with Crippen molar-refractivity contribution in [3.63, 3.8) is 0 Å². The Labute approximate surface area is 84.3 Å². The molecule has 1 aliphatic rings. The minimum atomic E-state index is -0.705. The minimum absolute atomic E-state index is 0.125. The first kappa shape index (κ1) is 11.0. The number of ketones is 1. The highest BCUT2D eigenvalue weighted by atomic mass is 35.5. The molecule has 0 aliphatic heterocycles. The van der Waals surface area contributed by atoms with E-state index in [0.29, 0.717) is 0 Å². The van der Waals surface area contributed by atoms with Crippen molar-refractivity contribution in [1.82, 2.24) is 0 Å². The Morgan fingerprint density at radius 3 is 2.38 bits per heavy atom. The van der Waals surface area contributed by atoms with E-state index in [1.165, 1.54) is 13.3 Å². The molecule has 0 spiro atoms. The molecule has 1 N–H and O–H groups in total. The molecule has 1 aliphatic carbocycles. The second-order valence-electron chi connectivity index (χ2n) is 3.90. The van der Waals surface area contributed by atoms with Crippen molar-refractivity contribution in [2.75, 3.05) is 0 Å². The average Bonchev–Trinajstić information content (AvgIpc) is 2.17. The second kappa shape index (κ2) is 4.97. The van der Waals surface area contributed by atoms with Crippen LogP contribution in [0.4, 0.5) is 0 Å². The number of Topliss-reactive ketones (excluding diaryl/α,β-unsaturated/α-hetero) is 1. The fourth-order valence-electron chi connectivity index (χ4n) is 1.96. The summed E-state index contributed by atoms with van der Waals surface area (Å²) in [5.41, 5.74) is 0. The van der Waals surface area contributed by atoms with E-state index in [-0.39, 0.29) is 11.7 Å². The standard InChI is InChI=1S/C10H17ClO2/c1-7(12)9(11)10(13)8-5-3-2-4-6-8/h8-10,13H,2-6H2,1H3/t9-,10+/m1/s1. The van der Waals surface area contributed by atoms with Crippen molar-refractivity contribution in [1.29, 1.82) is 0 Å². The SMILES string of the molecule is CC(=O)[C@@H](Cl)[C@@H](O)C1CCCCC1. The van der Waals surface area contributed by atoms with Gasteiger partial charge < -0.3 is 5.11 Å². The van der Waals surface area contributed by atoms with Gasteiger partial charge >= 0.3 is 0 Å². The summed E-state index contributed by atoms with van der Waals surface area (Å²) in [7, 11) is 0. The van der Waals surface area contributed by atoms with Gasteiger partial charge in [-0.1, -0.05) is 19.3 Å². The van der Waals surface area contributed by atoms with Gasteiger partial charge in [0.25, 0.3) is 0 Å². The highest BCUT2D eigenvalue weighted by Gasteiger charge is 2.29. The third-order valence-electron chi connectivity index (χ3n) is 2.82. The summed E-state index contributed by atoms with van der Waals surface area (Å²) in [5, 5.41) is 9.05. The lowest BCUT2D eigenvalue weighted by atomic mass is 9.83. The molecule has 0 radical (unpaired) electrons. The van der Waals surface area contributed by atoms with Crippen LogP contribution in [0, 0.1) is 5.92 Å². The lowest BCUT2D eigenvalue weighted by molar-refractivity contribution is -0.119. The van der Waals surface area contributed by atoms with Gasteiger partial charge in [-0.15, -0.1) is 11.6 Å². The van der Waals surface area contributed by atoms with E-state index in [9.17, 15) is 9.90 Å². The molecule has 1 saturated carbocycles. The van der Waals surface area contributed by atoms with Gasteiger partial charge in [0.1, 0.15) is 11.2 Å². The molecule has 0 unspecified atom stereocenters. The van der Waals surface area contributed by atoms with Gasteiger partial charge in [0.05, 0.1) is 6.10 Å². The number of aliphatic hydroxyl groups excluding tert-OH is 1. The van der Waals surface area contributed by atoms with Crippen LogP contribution in [0.15, 0.2) is 0 Å². The Morgan fingerprint density at radius 2 is 1.92 bits per heavy atom. The molecule has 0 heterocycles. The number of carbonyl (C=O) groups is 1. The van der Waals surface area contributed by atoms with E-state index in [4.69, 9.17) is 11.6 Å². The van der Waals surface area contributed by atoms with Crippen molar-refractivity contribution in [2.45, 2.75) is 50.5 Å². The van der Waals surface area contributed by atoms with Crippen molar-refractivity contribution in [2.24, 2.45) is 5.92 Å². The largest absolute Gasteiger partial charge is 0.391 e. The fraction of sp³-hybridized carbons (Fsp3) is 0.900. The van der Waals surface area contributed by atoms with Gasteiger partial charge in [-0.3, -0.25) is 4.79 Å². The van der Waals surface area contributed by atoms with Crippen molar-refractivity contribution in [3.8, 4) is 0 Å². The summed E-state index contributed by atoms with van der Waals surface area (Å²) in [6.45, 7) is 1.43. The van der Waals surface area contributed by atoms with Crippen molar-refractivity contribution in [3.05, 3.63) is 0 Å². The Balaban J connectivity index is 2.44. The molecule has 13 heavy (non-hydrogen) atoms. The van der Waals surface area contributed by atoms with Crippen LogP contribution in [0.5, 0.6) is 0 Å². The van der Waals surface area contributed by atoms with E-state index < -0.39 is 11.5 Å². The number of hydrogen-bond donors (Lipinski definition) is 1. The smallest absolute Gasteiger partial charge is 0.150 e. The molecule has 0 aromatic heterocycles. The number of hydrogen-bond acceptors (Lipinski definition) is 2. The first-order valence-electron chi connectivity index (χ1n) is 4.95. The highest BCUT2D eigenvalue weighted by Crippen LogP contribution is 2.29. The minimum Gasteiger partial charge on any atom is -0.391 e. The zero-order valence-corrected chi connectivity index (χ0v) is 8.76. The summed E-state index contributed by atoms with van der Waals surface area (Å²) in [4.78, 5) is 10.9. The van der Waals surface area contributed by atoms with Gasteiger partial charge in [0.15, 0.2) is 0 Å². The number of carbonyl (C=O) groups excluding carboxylic acids is 1. The maximum atomic E-state index is 10.9. The van der Waals surface area contributed by atoms with Crippen LogP contribution in [-0.4, -0.2) is 22.4 Å². The number of alkyl halides is 1. The maximum Gasteiger partial charge on any atom is 0.150 e. The lowest BCUT2D eigenvalue weighted by Gasteiger charge is -2.28. The van der Waals surface area contributed by atoms with Crippen LogP contribution in [-0.2, 0) is 4.79 Å². The third-order valence-corrected chi connectivity index (χ3v) is 3.39. The Kier molecular flexibility index (Phi) is 4.20. The maximum absolute atomic E-state index is 10.9. The van der Waals surface area contributed by atoms with E-state index in [1.807, 2.05) is 0 Å². The van der Waals surface area contributed by atoms with Gasteiger partial charge in [-0.05, 0) is 25.7 Å². The van der Waals surface area contributed by atoms with Crippen LogP contribution in [0.3, 0.4) is 0 Å². The van der Waals surface area contributed by atoms with Crippen LogP contribution >= 0.6 is 11.6 Å². The molecule has 0 aromatic rings. The van der Waals surface area contributed by atoms with E-state index >= 15 is 0 Å². The van der Waals surface area contributed by atoms with E-state index in [0.717, 1.165) is 25.7 Å². The second-order valence-corrected chi connectivity index (χ2v) is 4.37. The first-order valence-corrected chi connectivity index (χ1v) is 5.39. The molecule has 1 fully saturated rings.